The Morgan fingerprint density at radius 1 is 0.949 bits per heavy atom. The molecule has 0 spiro atoms. The Morgan fingerprint density at radius 3 is 2.54 bits per heavy atom. The molecule has 0 radical (unpaired) electrons. The number of methoxy groups -OCH3 is 1. The minimum absolute atomic E-state index is 0.0811. The SMILES string of the molecule is COc1cccc(C2CC(C(=O)N3CCC(Cn4c(COc5ccccc5)nc5ccccc54)CC3)NN2)c1. The number of hydrogen-bond acceptors (Lipinski definition) is 6. The molecule has 202 valence electrons. The summed E-state index contributed by atoms with van der Waals surface area (Å²) in [5.41, 5.74) is 9.78. The number of imidazole rings is 1. The van der Waals surface area contributed by atoms with Crippen molar-refractivity contribution in [3.05, 3.63) is 90.3 Å². The fraction of sp³-hybridized carbons (Fsp3) is 0.355. The second-order valence-corrected chi connectivity index (χ2v) is 10.4. The number of rotatable bonds is 8. The third-order valence-electron chi connectivity index (χ3n) is 7.91. The van der Waals surface area contributed by atoms with Crippen LogP contribution in [0.4, 0.5) is 0 Å². The topological polar surface area (TPSA) is 80.7 Å². The third kappa shape index (κ3) is 5.62. The van der Waals surface area contributed by atoms with Gasteiger partial charge in [0.25, 0.3) is 0 Å². The summed E-state index contributed by atoms with van der Waals surface area (Å²) in [5, 5.41) is 0. The molecule has 2 fully saturated rings. The van der Waals surface area contributed by atoms with Gasteiger partial charge in [-0.25, -0.2) is 15.8 Å². The van der Waals surface area contributed by atoms with Gasteiger partial charge in [-0.05, 0) is 67.1 Å². The van der Waals surface area contributed by atoms with Crippen molar-refractivity contribution in [3.63, 3.8) is 0 Å². The number of hydrazine groups is 1. The fourth-order valence-electron chi connectivity index (χ4n) is 5.71. The Hall–Kier alpha value is -3.88. The van der Waals surface area contributed by atoms with Gasteiger partial charge >= 0.3 is 0 Å². The summed E-state index contributed by atoms with van der Waals surface area (Å²) < 4.78 is 13.7. The molecule has 2 saturated heterocycles. The van der Waals surface area contributed by atoms with Crippen LogP contribution < -0.4 is 20.3 Å². The maximum atomic E-state index is 13.3. The summed E-state index contributed by atoms with van der Waals surface area (Å²) in [5.74, 6) is 3.25. The van der Waals surface area contributed by atoms with Gasteiger partial charge in [0, 0.05) is 25.7 Å². The van der Waals surface area contributed by atoms with Crippen LogP contribution in [0.5, 0.6) is 11.5 Å². The molecule has 0 saturated carbocycles. The molecule has 4 aromatic rings. The predicted octanol–water partition coefficient (Wildman–Crippen LogP) is 4.47. The first-order valence-corrected chi connectivity index (χ1v) is 13.7. The molecule has 2 N–H and O–H groups in total. The average molecular weight is 526 g/mol. The maximum Gasteiger partial charge on any atom is 0.241 e. The van der Waals surface area contributed by atoms with Crippen LogP contribution in [0.25, 0.3) is 11.0 Å². The van der Waals surface area contributed by atoms with E-state index in [1.165, 1.54) is 0 Å². The van der Waals surface area contributed by atoms with Crippen LogP contribution in [0.15, 0.2) is 78.9 Å². The number of fused-ring (bicyclic) bond motifs is 1. The van der Waals surface area contributed by atoms with Crippen LogP contribution in [0, 0.1) is 5.92 Å². The van der Waals surface area contributed by atoms with Crippen molar-refractivity contribution in [2.75, 3.05) is 20.2 Å². The van der Waals surface area contributed by atoms with E-state index in [1.54, 1.807) is 7.11 Å². The van der Waals surface area contributed by atoms with E-state index in [4.69, 9.17) is 14.5 Å². The Morgan fingerprint density at radius 2 is 1.72 bits per heavy atom. The zero-order chi connectivity index (χ0) is 26.6. The minimum atomic E-state index is -0.225. The highest BCUT2D eigenvalue weighted by Gasteiger charge is 2.34. The van der Waals surface area contributed by atoms with Crippen LogP contribution in [0.3, 0.4) is 0 Å². The Bertz CT molecular complexity index is 1410. The number of carbonyl (C=O) groups is 1. The van der Waals surface area contributed by atoms with Crippen molar-refractivity contribution >= 4 is 16.9 Å². The van der Waals surface area contributed by atoms with Crippen molar-refractivity contribution in [2.24, 2.45) is 5.92 Å². The van der Waals surface area contributed by atoms with Crippen molar-refractivity contribution in [1.29, 1.82) is 0 Å². The van der Waals surface area contributed by atoms with Gasteiger partial charge in [0.2, 0.25) is 5.91 Å². The van der Waals surface area contributed by atoms with E-state index in [-0.39, 0.29) is 18.0 Å². The van der Waals surface area contributed by atoms with Gasteiger partial charge in [-0.1, -0.05) is 42.5 Å². The lowest BCUT2D eigenvalue weighted by Crippen LogP contribution is -2.48. The van der Waals surface area contributed by atoms with E-state index in [2.05, 4.69) is 39.7 Å². The zero-order valence-corrected chi connectivity index (χ0v) is 22.3. The van der Waals surface area contributed by atoms with Gasteiger partial charge < -0.3 is 18.9 Å². The van der Waals surface area contributed by atoms with E-state index < -0.39 is 0 Å². The number of amides is 1. The van der Waals surface area contributed by atoms with Gasteiger partial charge in [-0.3, -0.25) is 4.79 Å². The summed E-state index contributed by atoms with van der Waals surface area (Å²) in [4.78, 5) is 20.2. The smallest absolute Gasteiger partial charge is 0.241 e. The lowest BCUT2D eigenvalue weighted by Gasteiger charge is -2.34. The van der Waals surface area contributed by atoms with E-state index in [0.29, 0.717) is 12.5 Å². The van der Waals surface area contributed by atoms with E-state index in [1.807, 2.05) is 59.5 Å². The van der Waals surface area contributed by atoms with E-state index >= 15 is 0 Å². The first-order valence-electron chi connectivity index (χ1n) is 13.7. The highest BCUT2D eigenvalue weighted by atomic mass is 16.5. The first-order chi connectivity index (χ1) is 19.2. The molecule has 8 heteroatoms. The van der Waals surface area contributed by atoms with Crippen molar-refractivity contribution in [2.45, 2.75) is 44.5 Å². The Kier molecular flexibility index (Phi) is 7.47. The lowest BCUT2D eigenvalue weighted by atomic mass is 9.95. The van der Waals surface area contributed by atoms with E-state index in [9.17, 15) is 4.79 Å². The minimum Gasteiger partial charge on any atom is -0.497 e. The average Bonchev–Trinajstić information content (AvgIpc) is 3.62. The normalized spacial score (nSPS) is 19.9. The zero-order valence-electron chi connectivity index (χ0n) is 22.3. The fourth-order valence-corrected chi connectivity index (χ4v) is 5.71. The maximum absolute atomic E-state index is 13.3. The van der Waals surface area contributed by atoms with Crippen LogP contribution in [-0.4, -0.2) is 46.6 Å². The number of hydrogen-bond donors (Lipinski definition) is 2. The largest absolute Gasteiger partial charge is 0.497 e. The van der Waals surface area contributed by atoms with Crippen molar-refractivity contribution in [1.82, 2.24) is 25.3 Å². The molecular formula is C31H35N5O3. The molecule has 8 nitrogen and oxygen atoms in total. The van der Waals surface area contributed by atoms with Gasteiger partial charge in [0.05, 0.1) is 18.1 Å². The van der Waals surface area contributed by atoms with Crippen LogP contribution >= 0.6 is 0 Å². The second kappa shape index (κ2) is 11.5. The lowest BCUT2D eigenvalue weighted by molar-refractivity contribution is -0.134. The molecule has 2 atom stereocenters. The second-order valence-electron chi connectivity index (χ2n) is 10.4. The van der Waals surface area contributed by atoms with Gasteiger partial charge in [0.15, 0.2) is 0 Å². The summed E-state index contributed by atoms with van der Waals surface area (Å²) in [6.45, 7) is 2.84. The molecule has 1 aromatic heterocycles. The van der Waals surface area contributed by atoms with Crippen LogP contribution in [-0.2, 0) is 17.9 Å². The van der Waals surface area contributed by atoms with Gasteiger partial charge in [-0.15, -0.1) is 0 Å². The van der Waals surface area contributed by atoms with Crippen molar-refractivity contribution in [3.8, 4) is 11.5 Å². The molecule has 3 heterocycles. The predicted molar refractivity (Wildman–Crippen MR) is 150 cm³/mol. The standard InChI is InChI=1S/C31H35N5O3/c1-38-25-11-7-8-23(18-25)27-19-28(34-33-27)31(37)35-16-14-22(15-17-35)20-36-29-13-6-5-12-26(29)32-30(36)21-39-24-9-3-2-4-10-24/h2-13,18,22,27-28,33-34H,14-17,19-21H2,1H3. The number of likely N-dealkylation sites (tertiary alicyclic amines) is 1. The molecule has 0 bridgehead atoms. The number of carbonyl (C=O) groups excluding carboxylic acids is 1. The van der Waals surface area contributed by atoms with Gasteiger partial charge in [0.1, 0.15) is 30.0 Å². The summed E-state index contributed by atoms with van der Waals surface area (Å²) in [6, 6.07) is 26.0. The summed E-state index contributed by atoms with van der Waals surface area (Å²) in [7, 11) is 1.67. The molecule has 3 aromatic carbocycles. The van der Waals surface area contributed by atoms with E-state index in [0.717, 1.165) is 72.8 Å². The van der Waals surface area contributed by atoms with Crippen LogP contribution in [0.1, 0.15) is 36.7 Å². The van der Waals surface area contributed by atoms with Gasteiger partial charge in [-0.2, -0.15) is 0 Å². The number of nitrogens with zero attached hydrogens (tertiary/aromatic N) is 3. The Labute approximate surface area is 228 Å². The molecule has 39 heavy (non-hydrogen) atoms. The number of nitrogens with one attached hydrogen (secondary N) is 2. The molecule has 1 amide bonds. The molecule has 6 rings (SSSR count). The van der Waals surface area contributed by atoms with Crippen molar-refractivity contribution < 1.29 is 14.3 Å². The van der Waals surface area contributed by atoms with Crippen LogP contribution in [0.2, 0.25) is 0 Å². The number of benzene rings is 3. The summed E-state index contributed by atoms with van der Waals surface area (Å²) >= 11 is 0. The number of aromatic nitrogens is 2. The number of para-hydroxylation sites is 3. The first kappa shape index (κ1) is 25.4. The monoisotopic (exact) mass is 525 g/mol. The molecule has 2 aliphatic heterocycles. The number of piperidine rings is 1. The number of ether oxygens (including phenoxy) is 2. The molecule has 0 aliphatic carbocycles. The molecule has 2 unspecified atom stereocenters. The summed E-state index contributed by atoms with van der Waals surface area (Å²) in [6.07, 6.45) is 2.66. The highest BCUT2D eigenvalue weighted by molar-refractivity contribution is 5.82. The quantitative estimate of drug-likeness (QED) is 0.353. The Balaban J connectivity index is 1.07. The molecular weight excluding hydrogens is 490 g/mol. The third-order valence-corrected chi connectivity index (χ3v) is 7.91. The molecule has 2 aliphatic rings. The highest BCUT2D eigenvalue weighted by Crippen LogP contribution is 2.28.